The molecule has 0 bridgehead atoms. The third-order valence-corrected chi connectivity index (χ3v) is 2.93. The molecule has 0 radical (unpaired) electrons. The zero-order valence-electron chi connectivity index (χ0n) is 10.2. The molecule has 0 unspecified atom stereocenters. The van der Waals surface area contributed by atoms with Gasteiger partial charge in [0.25, 0.3) is 0 Å². The lowest BCUT2D eigenvalue weighted by atomic mass is 10.1. The summed E-state index contributed by atoms with van der Waals surface area (Å²) in [5.41, 5.74) is 3.38. The summed E-state index contributed by atoms with van der Waals surface area (Å²) in [6.45, 7) is 3.57. The molecule has 1 heterocycles. The number of aryl methyl sites for hydroxylation is 1. The Morgan fingerprint density at radius 3 is 2.82 bits per heavy atom. The Morgan fingerprint density at radius 1 is 1.29 bits per heavy atom. The minimum Gasteiger partial charge on any atom is -0.346 e. The van der Waals surface area contributed by atoms with Crippen LogP contribution in [0.1, 0.15) is 16.8 Å². The van der Waals surface area contributed by atoms with E-state index in [1.807, 2.05) is 26.1 Å². The zero-order chi connectivity index (χ0) is 12.3. The van der Waals surface area contributed by atoms with Gasteiger partial charge in [0.2, 0.25) is 0 Å². The van der Waals surface area contributed by atoms with Crippen molar-refractivity contribution in [2.75, 3.05) is 7.05 Å². The zero-order valence-corrected chi connectivity index (χ0v) is 10.2. The van der Waals surface area contributed by atoms with Crippen molar-refractivity contribution in [3.05, 3.63) is 59.2 Å². The maximum absolute atomic E-state index is 13.0. The van der Waals surface area contributed by atoms with Gasteiger partial charge in [-0.2, -0.15) is 0 Å². The summed E-state index contributed by atoms with van der Waals surface area (Å²) in [6.07, 6.45) is 2.05. The number of halogens is 1. The quantitative estimate of drug-likeness (QED) is 0.857. The molecule has 0 aliphatic heterocycles. The molecule has 17 heavy (non-hydrogen) atoms. The van der Waals surface area contributed by atoms with Crippen molar-refractivity contribution >= 4 is 0 Å². The van der Waals surface area contributed by atoms with Crippen LogP contribution in [-0.2, 0) is 13.1 Å². The van der Waals surface area contributed by atoms with Gasteiger partial charge in [-0.05, 0) is 49.4 Å². The number of hydrogen-bond acceptors (Lipinski definition) is 1. The number of rotatable bonds is 4. The van der Waals surface area contributed by atoms with E-state index in [1.54, 1.807) is 6.07 Å². The third kappa shape index (κ3) is 2.74. The van der Waals surface area contributed by atoms with Crippen LogP contribution in [0.15, 0.2) is 36.5 Å². The minimum atomic E-state index is -0.172. The largest absolute Gasteiger partial charge is 0.346 e. The maximum atomic E-state index is 13.0. The van der Waals surface area contributed by atoms with Crippen molar-refractivity contribution in [2.45, 2.75) is 20.0 Å². The van der Waals surface area contributed by atoms with E-state index >= 15 is 0 Å². The fraction of sp³-hybridized carbons (Fsp3) is 0.286. The van der Waals surface area contributed by atoms with E-state index < -0.39 is 0 Å². The van der Waals surface area contributed by atoms with E-state index in [0.717, 1.165) is 24.2 Å². The minimum absolute atomic E-state index is 0.172. The van der Waals surface area contributed by atoms with E-state index in [4.69, 9.17) is 0 Å². The summed E-state index contributed by atoms with van der Waals surface area (Å²) >= 11 is 0. The summed E-state index contributed by atoms with van der Waals surface area (Å²) in [4.78, 5) is 0. The molecule has 0 amide bonds. The topological polar surface area (TPSA) is 17.0 Å². The second-order valence-electron chi connectivity index (χ2n) is 4.23. The molecule has 0 aliphatic carbocycles. The highest BCUT2D eigenvalue weighted by Gasteiger charge is 2.04. The summed E-state index contributed by atoms with van der Waals surface area (Å²) in [5, 5.41) is 3.14. The Kier molecular flexibility index (Phi) is 3.59. The SMILES string of the molecule is CNCc1cccn1Cc1ccc(F)cc1C. The summed E-state index contributed by atoms with van der Waals surface area (Å²) < 4.78 is 15.2. The lowest BCUT2D eigenvalue weighted by molar-refractivity contribution is 0.623. The van der Waals surface area contributed by atoms with Gasteiger partial charge in [-0.15, -0.1) is 0 Å². The van der Waals surface area contributed by atoms with Crippen molar-refractivity contribution in [3.63, 3.8) is 0 Å². The molecular weight excluding hydrogens is 215 g/mol. The molecule has 0 saturated carbocycles. The molecule has 1 N–H and O–H groups in total. The van der Waals surface area contributed by atoms with E-state index in [-0.39, 0.29) is 5.82 Å². The average molecular weight is 232 g/mol. The van der Waals surface area contributed by atoms with Gasteiger partial charge in [0.15, 0.2) is 0 Å². The Hall–Kier alpha value is -1.61. The van der Waals surface area contributed by atoms with Crippen LogP contribution in [0.5, 0.6) is 0 Å². The number of hydrogen-bond donors (Lipinski definition) is 1. The molecule has 2 nitrogen and oxygen atoms in total. The first-order valence-electron chi connectivity index (χ1n) is 5.74. The predicted octanol–water partition coefficient (Wildman–Crippen LogP) is 2.70. The Labute approximate surface area is 101 Å². The van der Waals surface area contributed by atoms with Gasteiger partial charge in [-0.3, -0.25) is 0 Å². The van der Waals surface area contributed by atoms with Crippen LogP contribution < -0.4 is 5.32 Å². The summed E-state index contributed by atoms with van der Waals surface area (Å²) in [7, 11) is 1.93. The highest BCUT2D eigenvalue weighted by atomic mass is 19.1. The highest BCUT2D eigenvalue weighted by molar-refractivity contribution is 5.27. The Balaban J connectivity index is 2.22. The average Bonchev–Trinajstić information content (AvgIpc) is 2.71. The molecule has 0 atom stereocenters. The van der Waals surface area contributed by atoms with Crippen LogP contribution >= 0.6 is 0 Å². The van der Waals surface area contributed by atoms with Gasteiger partial charge in [0.05, 0.1) is 0 Å². The van der Waals surface area contributed by atoms with Crippen molar-refractivity contribution in [3.8, 4) is 0 Å². The van der Waals surface area contributed by atoms with Gasteiger partial charge in [0, 0.05) is 25.0 Å². The van der Waals surface area contributed by atoms with Crippen molar-refractivity contribution in [1.29, 1.82) is 0 Å². The molecule has 2 rings (SSSR count). The summed E-state index contributed by atoms with van der Waals surface area (Å²) in [5.74, 6) is -0.172. The molecule has 0 fully saturated rings. The highest BCUT2D eigenvalue weighted by Crippen LogP contribution is 2.13. The van der Waals surface area contributed by atoms with Crippen molar-refractivity contribution in [1.82, 2.24) is 9.88 Å². The second kappa shape index (κ2) is 5.15. The standard InChI is InChI=1S/C14H17FN2/c1-11-8-13(15)6-5-12(11)10-17-7-3-4-14(17)9-16-2/h3-8,16H,9-10H2,1-2H3. The first-order chi connectivity index (χ1) is 8.20. The first-order valence-corrected chi connectivity index (χ1v) is 5.74. The number of nitrogens with zero attached hydrogens (tertiary/aromatic N) is 1. The van der Waals surface area contributed by atoms with Crippen LogP contribution in [0.3, 0.4) is 0 Å². The number of aromatic nitrogens is 1. The molecule has 1 aromatic heterocycles. The van der Waals surface area contributed by atoms with Crippen LogP contribution in [-0.4, -0.2) is 11.6 Å². The molecule has 0 spiro atoms. The van der Waals surface area contributed by atoms with Crippen LogP contribution in [0.25, 0.3) is 0 Å². The van der Waals surface area contributed by atoms with E-state index in [1.165, 1.54) is 11.8 Å². The van der Waals surface area contributed by atoms with Crippen LogP contribution in [0.2, 0.25) is 0 Å². The fourth-order valence-electron chi connectivity index (χ4n) is 1.97. The first kappa shape index (κ1) is 11.9. The van der Waals surface area contributed by atoms with E-state index in [0.29, 0.717) is 0 Å². The predicted molar refractivity (Wildman–Crippen MR) is 67.4 cm³/mol. The van der Waals surface area contributed by atoms with Gasteiger partial charge in [-0.25, -0.2) is 4.39 Å². The van der Waals surface area contributed by atoms with E-state index in [2.05, 4.69) is 22.1 Å². The molecular formula is C14H17FN2. The van der Waals surface area contributed by atoms with Gasteiger partial charge < -0.3 is 9.88 Å². The van der Waals surface area contributed by atoms with Crippen molar-refractivity contribution in [2.24, 2.45) is 0 Å². The van der Waals surface area contributed by atoms with Crippen LogP contribution in [0, 0.1) is 12.7 Å². The smallest absolute Gasteiger partial charge is 0.123 e. The molecule has 2 aromatic rings. The van der Waals surface area contributed by atoms with Gasteiger partial charge in [0.1, 0.15) is 5.82 Å². The number of nitrogens with one attached hydrogen (secondary N) is 1. The van der Waals surface area contributed by atoms with E-state index in [9.17, 15) is 4.39 Å². The maximum Gasteiger partial charge on any atom is 0.123 e. The lowest BCUT2D eigenvalue weighted by Gasteiger charge is -2.11. The van der Waals surface area contributed by atoms with Gasteiger partial charge >= 0.3 is 0 Å². The molecule has 3 heteroatoms. The molecule has 0 saturated heterocycles. The monoisotopic (exact) mass is 232 g/mol. The normalized spacial score (nSPS) is 10.8. The lowest BCUT2D eigenvalue weighted by Crippen LogP contribution is -2.11. The van der Waals surface area contributed by atoms with Crippen molar-refractivity contribution < 1.29 is 4.39 Å². The summed E-state index contributed by atoms with van der Waals surface area (Å²) in [6, 6.07) is 9.08. The Morgan fingerprint density at radius 2 is 2.12 bits per heavy atom. The molecule has 1 aromatic carbocycles. The van der Waals surface area contributed by atoms with Gasteiger partial charge in [-0.1, -0.05) is 6.07 Å². The molecule has 90 valence electrons. The molecule has 0 aliphatic rings. The fourth-order valence-corrected chi connectivity index (χ4v) is 1.97. The van der Waals surface area contributed by atoms with Crippen LogP contribution in [0.4, 0.5) is 4.39 Å². The second-order valence-corrected chi connectivity index (χ2v) is 4.23. The third-order valence-electron chi connectivity index (χ3n) is 2.93. The Bertz CT molecular complexity index is 503. The number of benzene rings is 1.